The van der Waals surface area contributed by atoms with Gasteiger partial charge < -0.3 is 16.8 Å². The number of fused-ring (bicyclic) bond motifs is 14. The van der Waals surface area contributed by atoms with Crippen LogP contribution in [0.25, 0.3) is 87.0 Å². The van der Waals surface area contributed by atoms with Gasteiger partial charge in [-0.15, -0.1) is 0 Å². The molecule has 2 atom stereocenters. The van der Waals surface area contributed by atoms with E-state index in [2.05, 4.69) is 48.5 Å². The third-order valence-corrected chi connectivity index (χ3v) is 13.8. The van der Waals surface area contributed by atoms with Crippen molar-refractivity contribution in [3.63, 3.8) is 0 Å². The van der Waals surface area contributed by atoms with Crippen LogP contribution >= 0.6 is 16.5 Å². The van der Waals surface area contributed by atoms with E-state index in [1.807, 2.05) is 127 Å². The van der Waals surface area contributed by atoms with Crippen LogP contribution in [0.1, 0.15) is 5.56 Å². The lowest BCUT2D eigenvalue weighted by atomic mass is 9.99. The highest BCUT2D eigenvalue weighted by Gasteiger charge is 2.52. The van der Waals surface area contributed by atoms with Crippen LogP contribution in [0.3, 0.4) is 0 Å². The average molecular weight is 850 g/mol. The summed E-state index contributed by atoms with van der Waals surface area (Å²) in [6, 6.07) is 57.2. The second-order valence-electron chi connectivity index (χ2n) is 15.3. The maximum atomic E-state index is 14.7. The van der Waals surface area contributed by atoms with E-state index in [9.17, 15) is 9.59 Å². The number of hydrogen-bond acceptors (Lipinski definition) is 8. The molecule has 1 aliphatic heterocycles. The van der Waals surface area contributed by atoms with Crippen LogP contribution in [-0.4, -0.2) is 28.9 Å². The Morgan fingerprint density at radius 2 is 0.694 bits per heavy atom. The summed E-state index contributed by atoms with van der Waals surface area (Å²) in [5.74, 6) is -1.19. The van der Waals surface area contributed by atoms with Crippen LogP contribution in [-0.2, 0) is 16.1 Å². The lowest BCUT2D eigenvalue weighted by molar-refractivity contribution is -0.141. The Balaban J connectivity index is 1.05. The van der Waals surface area contributed by atoms with Gasteiger partial charge in [0, 0.05) is 21.5 Å². The summed E-state index contributed by atoms with van der Waals surface area (Å²) in [4.78, 5) is 30.5. The number of carbonyl (C=O) groups excluding carboxylic acids is 2. The first kappa shape index (κ1) is 36.7. The van der Waals surface area contributed by atoms with Crippen molar-refractivity contribution in [2.45, 2.75) is 18.8 Å². The Morgan fingerprint density at radius 3 is 1.03 bits per heavy atom. The van der Waals surface area contributed by atoms with E-state index in [4.69, 9.17) is 25.8 Å². The van der Waals surface area contributed by atoms with Gasteiger partial charge in [0.25, 0.3) is 11.8 Å². The van der Waals surface area contributed by atoms with Crippen LogP contribution in [0.5, 0.6) is 0 Å². The van der Waals surface area contributed by atoms with Gasteiger partial charge in [-0.2, -0.15) is 0 Å². The molecule has 0 aliphatic carbocycles. The first-order chi connectivity index (χ1) is 30.6. The number of carbonyl (C=O) groups is 2. The summed E-state index contributed by atoms with van der Waals surface area (Å²) < 4.78 is 39.9. The Bertz CT molecular complexity index is 3300. The van der Waals surface area contributed by atoms with Crippen molar-refractivity contribution in [2.24, 2.45) is 0 Å². The minimum atomic E-state index is -2.35. The highest BCUT2D eigenvalue weighted by molar-refractivity contribution is 7.32. The number of imide groups is 1. The van der Waals surface area contributed by atoms with E-state index in [0.29, 0.717) is 22.3 Å². The van der Waals surface area contributed by atoms with E-state index in [1.165, 1.54) is 0 Å². The molecule has 0 bridgehead atoms. The topological polar surface area (TPSA) is 108 Å². The van der Waals surface area contributed by atoms with E-state index in [-0.39, 0.29) is 6.54 Å². The molecule has 1 fully saturated rings. The molecule has 1 saturated heterocycles. The van der Waals surface area contributed by atoms with Gasteiger partial charge in [0.1, 0.15) is 22.3 Å². The molecule has 12 rings (SSSR count). The van der Waals surface area contributed by atoms with Gasteiger partial charge in [-0.25, -0.2) is 0 Å². The second kappa shape index (κ2) is 14.8. The highest BCUT2D eigenvalue weighted by Crippen LogP contribution is 2.44. The molecule has 0 spiro atoms. The summed E-state index contributed by atoms with van der Waals surface area (Å²) in [5.41, 5.74) is 2.85. The van der Waals surface area contributed by atoms with Crippen molar-refractivity contribution in [3.05, 3.63) is 181 Å². The summed E-state index contributed by atoms with van der Waals surface area (Å²) >= 11 is 0. The van der Waals surface area contributed by atoms with E-state index in [1.54, 1.807) is 0 Å². The lowest BCUT2D eigenvalue weighted by Gasteiger charge is -2.14. The van der Waals surface area contributed by atoms with Gasteiger partial charge in [0.2, 0.25) is 0 Å². The fraction of sp³-hybridized carbons (Fsp3) is 0.0588. The maximum absolute atomic E-state index is 14.7. The predicted octanol–water partition coefficient (Wildman–Crippen LogP) is 13.4. The Hall–Kier alpha value is -7.12. The highest BCUT2D eigenvalue weighted by atomic mass is 31.1. The van der Waals surface area contributed by atoms with Crippen LogP contribution in [0.4, 0.5) is 0 Å². The quantitative estimate of drug-likeness (QED) is 0.152. The maximum Gasteiger partial charge on any atom is 0.388 e. The lowest BCUT2D eigenvalue weighted by Crippen LogP contribution is -2.37. The smallest absolute Gasteiger partial charge is 0.388 e. The van der Waals surface area contributed by atoms with Crippen molar-refractivity contribution in [1.29, 1.82) is 0 Å². The SMILES string of the molecule is O=C1C(Op2oc3ccc4ccccc4c3c3c(ccc4ccccc43)o2)C(Op2oc3ccc4ccccc4c3c3c(ccc4ccccc43)o2)C(=O)N1Cc1ccccc1. The molecule has 11 aromatic rings. The van der Waals surface area contributed by atoms with Crippen molar-refractivity contribution in [1.82, 2.24) is 4.90 Å². The van der Waals surface area contributed by atoms with Crippen molar-refractivity contribution in [2.75, 3.05) is 0 Å². The summed E-state index contributed by atoms with van der Waals surface area (Å²) in [6.45, 7) is 0.00476. The monoisotopic (exact) mass is 849 g/mol. The van der Waals surface area contributed by atoms with Gasteiger partial charge >= 0.3 is 16.5 Å². The van der Waals surface area contributed by atoms with Crippen LogP contribution in [0.15, 0.2) is 193 Å². The van der Waals surface area contributed by atoms with E-state index in [0.717, 1.165) is 75.1 Å². The van der Waals surface area contributed by atoms with Crippen LogP contribution in [0, 0.1) is 0 Å². The number of amides is 2. The molecule has 62 heavy (non-hydrogen) atoms. The fourth-order valence-corrected chi connectivity index (χ4v) is 11.0. The minimum absolute atomic E-state index is 0.00476. The predicted molar refractivity (Wildman–Crippen MR) is 245 cm³/mol. The average Bonchev–Trinajstić information content (AvgIpc) is 3.46. The first-order valence-electron chi connectivity index (χ1n) is 20.2. The summed E-state index contributed by atoms with van der Waals surface area (Å²) in [5, 5.41) is 11.4. The second-order valence-corrected chi connectivity index (χ2v) is 17.3. The van der Waals surface area contributed by atoms with Crippen molar-refractivity contribution >= 4 is 115 Å². The van der Waals surface area contributed by atoms with Crippen LogP contribution < -0.4 is 9.05 Å². The van der Waals surface area contributed by atoms with E-state index < -0.39 is 40.5 Å². The fourth-order valence-electron chi connectivity index (χ4n) is 8.77. The number of likely N-dealkylation sites (tertiary alicyclic amines) is 1. The molecule has 2 unspecified atom stereocenters. The number of hydrogen-bond donors (Lipinski definition) is 0. The molecular weight excluding hydrogens is 817 g/mol. The van der Waals surface area contributed by atoms with E-state index >= 15 is 0 Å². The molecule has 0 radical (unpaired) electrons. The Kier molecular flexibility index (Phi) is 8.77. The van der Waals surface area contributed by atoms with Crippen molar-refractivity contribution < 1.29 is 35.4 Å². The molecule has 9 nitrogen and oxygen atoms in total. The van der Waals surface area contributed by atoms with Crippen LogP contribution in [0.2, 0.25) is 0 Å². The normalized spacial score (nSPS) is 15.6. The molecule has 3 heterocycles. The molecule has 300 valence electrons. The van der Waals surface area contributed by atoms with Crippen molar-refractivity contribution in [3.8, 4) is 0 Å². The zero-order chi connectivity index (χ0) is 41.3. The Morgan fingerprint density at radius 1 is 0.387 bits per heavy atom. The first-order valence-corrected chi connectivity index (χ1v) is 22.4. The minimum Gasteiger partial charge on any atom is -0.399 e. The van der Waals surface area contributed by atoms with Gasteiger partial charge in [0.05, 0.1) is 6.54 Å². The third-order valence-electron chi connectivity index (χ3n) is 11.6. The Labute approximate surface area is 354 Å². The molecule has 0 saturated carbocycles. The largest absolute Gasteiger partial charge is 0.399 e. The molecular formula is C51H33NO8P2. The molecule has 2 aromatic heterocycles. The van der Waals surface area contributed by atoms with Gasteiger partial charge in [-0.1, -0.05) is 152 Å². The number of nitrogens with zero attached hydrogens (tertiary/aromatic N) is 1. The molecule has 0 N–H and O–H groups in total. The molecule has 1 aliphatic rings. The number of rotatable bonds is 6. The van der Waals surface area contributed by atoms with Gasteiger partial charge in [-0.05, 0) is 72.9 Å². The molecule has 2 amide bonds. The standard InChI is InChI=1S/C51H33NO8P2/c53-50-48(59-61-55-40-26-22-32-14-4-8-18-36(32)44(40)45-37-19-9-5-15-33(37)23-27-41(45)56-61)49(51(54)52(50)30-31-12-2-1-3-13-31)60-62-57-42-28-24-34-16-6-10-20-38(34)46(42)47-39-21-11-7-17-35(39)25-29-43(47)58-62/h1-29,48-49H,30H2. The van der Waals surface area contributed by atoms with Gasteiger partial charge in [-0.3, -0.25) is 23.5 Å². The zero-order valence-corrected chi connectivity index (χ0v) is 34.5. The summed E-state index contributed by atoms with van der Waals surface area (Å²) in [6.07, 6.45) is -2.96. The third kappa shape index (κ3) is 6.09. The molecule has 11 heteroatoms. The molecule has 9 aromatic carbocycles. The van der Waals surface area contributed by atoms with Gasteiger partial charge in [0.15, 0.2) is 12.2 Å². The summed E-state index contributed by atoms with van der Waals surface area (Å²) in [7, 11) is -4.70. The number of benzene rings is 9. The zero-order valence-electron chi connectivity index (χ0n) is 32.7.